The summed E-state index contributed by atoms with van der Waals surface area (Å²) >= 11 is 11.7. The molecule has 0 aliphatic carbocycles. The van der Waals surface area contributed by atoms with Crippen LogP contribution in [0.15, 0.2) is 28.9 Å². The number of nitrogens with zero attached hydrogens (tertiary/aromatic N) is 1. The molecule has 1 aromatic heterocycles. The maximum absolute atomic E-state index is 11.4. The average Bonchev–Trinajstić information content (AvgIpc) is 2.77. The quantitative estimate of drug-likeness (QED) is 0.805. The number of carbonyl (C=O) groups is 1. The van der Waals surface area contributed by atoms with Gasteiger partial charge in [-0.1, -0.05) is 23.2 Å². The SMILES string of the molecule is CCOC(=O)c1coc(-c2cc(Cl)cc(Cl)c2)n1. The standard InChI is InChI=1S/C12H9Cl2NO3/c1-2-17-12(16)10-6-18-11(15-10)7-3-8(13)5-9(14)4-7/h3-6H,2H2,1H3. The van der Waals surface area contributed by atoms with E-state index in [0.717, 1.165) is 0 Å². The summed E-state index contributed by atoms with van der Waals surface area (Å²) in [7, 11) is 0. The molecule has 1 aromatic carbocycles. The van der Waals surface area contributed by atoms with E-state index < -0.39 is 5.97 Å². The smallest absolute Gasteiger partial charge is 0.360 e. The Morgan fingerprint density at radius 2 is 2.00 bits per heavy atom. The molecule has 0 fully saturated rings. The summed E-state index contributed by atoms with van der Waals surface area (Å²) < 4.78 is 10.0. The molecule has 18 heavy (non-hydrogen) atoms. The lowest BCUT2D eigenvalue weighted by molar-refractivity contribution is 0.0519. The average molecular weight is 286 g/mol. The summed E-state index contributed by atoms with van der Waals surface area (Å²) in [5, 5.41) is 0.932. The summed E-state index contributed by atoms with van der Waals surface area (Å²) in [6.07, 6.45) is 1.24. The van der Waals surface area contributed by atoms with Crippen molar-refractivity contribution in [2.24, 2.45) is 0 Å². The molecule has 0 amide bonds. The zero-order chi connectivity index (χ0) is 13.1. The van der Waals surface area contributed by atoms with Crippen LogP contribution in [0, 0.1) is 0 Å². The number of esters is 1. The largest absolute Gasteiger partial charge is 0.461 e. The van der Waals surface area contributed by atoms with Gasteiger partial charge in [-0.15, -0.1) is 0 Å². The Bertz CT molecular complexity index is 560. The Labute approximate surface area is 113 Å². The van der Waals surface area contributed by atoms with Crippen molar-refractivity contribution in [2.75, 3.05) is 6.61 Å². The van der Waals surface area contributed by atoms with E-state index in [1.165, 1.54) is 6.26 Å². The first-order valence-corrected chi connectivity index (χ1v) is 5.95. The molecule has 2 aromatic rings. The highest BCUT2D eigenvalue weighted by Crippen LogP contribution is 2.26. The zero-order valence-corrected chi connectivity index (χ0v) is 11.0. The van der Waals surface area contributed by atoms with Crippen molar-refractivity contribution in [1.29, 1.82) is 0 Å². The molecule has 0 aliphatic rings. The second-order valence-electron chi connectivity index (χ2n) is 3.42. The van der Waals surface area contributed by atoms with Gasteiger partial charge in [-0.2, -0.15) is 0 Å². The number of rotatable bonds is 3. The van der Waals surface area contributed by atoms with Gasteiger partial charge in [0.25, 0.3) is 0 Å². The van der Waals surface area contributed by atoms with E-state index in [1.54, 1.807) is 25.1 Å². The van der Waals surface area contributed by atoms with Gasteiger partial charge >= 0.3 is 5.97 Å². The van der Waals surface area contributed by atoms with Crippen LogP contribution in [0.2, 0.25) is 10.0 Å². The second-order valence-corrected chi connectivity index (χ2v) is 4.29. The number of halogens is 2. The van der Waals surface area contributed by atoms with E-state index in [9.17, 15) is 4.79 Å². The number of aromatic nitrogens is 1. The lowest BCUT2D eigenvalue weighted by Crippen LogP contribution is -2.04. The van der Waals surface area contributed by atoms with Crippen LogP contribution in [-0.2, 0) is 4.74 Å². The third-order valence-corrected chi connectivity index (χ3v) is 2.53. The number of ether oxygens (including phenoxy) is 1. The van der Waals surface area contributed by atoms with Gasteiger partial charge in [-0.05, 0) is 25.1 Å². The molecule has 0 aliphatic heterocycles. The first-order valence-electron chi connectivity index (χ1n) is 5.19. The summed E-state index contributed by atoms with van der Waals surface area (Å²) in [5.74, 6) is -0.261. The third kappa shape index (κ3) is 2.83. The molecular weight excluding hydrogens is 277 g/mol. The van der Waals surface area contributed by atoms with Crippen LogP contribution in [0.3, 0.4) is 0 Å². The summed E-state index contributed by atoms with van der Waals surface area (Å²) in [6, 6.07) is 4.89. The lowest BCUT2D eigenvalue weighted by Gasteiger charge is -1.98. The fraction of sp³-hybridized carbons (Fsp3) is 0.167. The molecule has 0 saturated heterocycles. The fourth-order valence-electron chi connectivity index (χ4n) is 1.38. The maximum Gasteiger partial charge on any atom is 0.360 e. The molecule has 1 heterocycles. The number of benzene rings is 1. The first kappa shape index (κ1) is 12.9. The van der Waals surface area contributed by atoms with E-state index in [2.05, 4.69) is 4.98 Å². The summed E-state index contributed by atoms with van der Waals surface area (Å²) in [4.78, 5) is 15.4. The summed E-state index contributed by atoms with van der Waals surface area (Å²) in [6.45, 7) is 2.00. The Balaban J connectivity index is 2.32. The molecule has 0 saturated carbocycles. The van der Waals surface area contributed by atoms with Crippen LogP contribution in [-0.4, -0.2) is 17.6 Å². The molecule has 0 radical (unpaired) electrons. The Morgan fingerprint density at radius 1 is 1.33 bits per heavy atom. The van der Waals surface area contributed by atoms with E-state index in [1.807, 2.05) is 0 Å². The van der Waals surface area contributed by atoms with Crippen molar-refractivity contribution in [3.05, 3.63) is 40.2 Å². The first-order chi connectivity index (χ1) is 8.60. The van der Waals surface area contributed by atoms with Crippen LogP contribution in [0.25, 0.3) is 11.5 Å². The van der Waals surface area contributed by atoms with E-state index in [4.69, 9.17) is 32.4 Å². The van der Waals surface area contributed by atoms with Gasteiger partial charge < -0.3 is 9.15 Å². The van der Waals surface area contributed by atoms with Crippen molar-refractivity contribution in [1.82, 2.24) is 4.98 Å². The van der Waals surface area contributed by atoms with Gasteiger partial charge in [0.1, 0.15) is 6.26 Å². The monoisotopic (exact) mass is 285 g/mol. The maximum atomic E-state index is 11.4. The van der Waals surface area contributed by atoms with Gasteiger partial charge in [0.2, 0.25) is 5.89 Å². The number of hydrogen-bond donors (Lipinski definition) is 0. The molecule has 0 N–H and O–H groups in total. The minimum Gasteiger partial charge on any atom is -0.461 e. The molecule has 94 valence electrons. The molecule has 0 unspecified atom stereocenters. The Kier molecular flexibility index (Phi) is 3.89. The van der Waals surface area contributed by atoms with Crippen LogP contribution >= 0.6 is 23.2 Å². The van der Waals surface area contributed by atoms with Gasteiger partial charge in [-0.3, -0.25) is 0 Å². The zero-order valence-electron chi connectivity index (χ0n) is 9.44. The predicted octanol–water partition coefficient (Wildman–Crippen LogP) is 3.83. The number of carbonyl (C=O) groups excluding carboxylic acids is 1. The Hall–Kier alpha value is -1.52. The van der Waals surface area contributed by atoms with Gasteiger partial charge in [0.05, 0.1) is 6.61 Å². The van der Waals surface area contributed by atoms with E-state index in [0.29, 0.717) is 15.6 Å². The molecule has 6 heteroatoms. The molecule has 4 nitrogen and oxygen atoms in total. The lowest BCUT2D eigenvalue weighted by atomic mass is 10.2. The molecule has 2 rings (SSSR count). The fourth-order valence-corrected chi connectivity index (χ4v) is 1.91. The highest BCUT2D eigenvalue weighted by molar-refractivity contribution is 6.35. The molecule has 0 spiro atoms. The topological polar surface area (TPSA) is 52.3 Å². The van der Waals surface area contributed by atoms with Crippen molar-refractivity contribution in [3.63, 3.8) is 0 Å². The minimum atomic E-state index is -0.527. The van der Waals surface area contributed by atoms with Gasteiger partial charge in [0.15, 0.2) is 5.69 Å². The van der Waals surface area contributed by atoms with Crippen molar-refractivity contribution in [3.8, 4) is 11.5 Å². The predicted molar refractivity (Wildman–Crippen MR) is 67.9 cm³/mol. The number of hydrogen-bond acceptors (Lipinski definition) is 4. The van der Waals surface area contributed by atoms with Crippen molar-refractivity contribution in [2.45, 2.75) is 6.92 Å². The van der Waals surface area contributed by atoms with Gasteiger partial charge in [-0.25, -0.2) is 9.78 Å². The van der Waals surface area contributed by atoms with E-state index in [-0.39, 0.29) is 18.2 Å². The number of oxazole rings is 1. The van der Waals surface area contributed by atoms with Crippen LogP contribution in [0.4, 0.5) is 0 Å². The summed E-state index contributed by atoms with van der Waals surface area (Å²) in [5.41, 5.74) is 0.714. The minimum absolute atomic E-state index is 0.114. The normalized spacial score (nSPS) is 10.4. The van der Waals surface area contributed by atoms with E-state index >= 15 is 0 Å². The van der Waals surface area contributed by atoms with Crippen LogP contribution in [0.1, 0.15) is 17.4 Å². The highest BCUT2D eigenvalue weighted by Gasteiger charge is 2.14. The van der Waals surface area contributed by atoms with Crippen LogP contribution in [0.5, 0.6) is 0 Å². The van der Waals surface area contributed by atoms with Gasteiger partial charge in [0, 0.05) is 15.6 Å². The molecule has 0 atom stereocenters. The Morgan fingerprint density at radius 3 is 2.61 bits per heavy atom. The molecular formula is C12H9Cl2NO3. The van der Waals surface area contributed by atoms with Crippen molar-refractivity contribution < 1.29 is 13.9 Å². The van der Waals surface area contributed by atoms with Crippen molar-refractivity contribution >= 4 is 29.2 Å². The van der Waals surface area contributed by atoms with Crippen LogP contribution < -0.4 is 0 Å². The highest BCUT2D eigenvalue weighted by atomic mass is 35.5. The molecule has 0 bridgehead atoms. The second kappa shape index (κ2) is 5.42. The third-order valence-electron chi connectivity index (χ3n) is 2.10.